The van der Waals surface area contributed by atoms with Crippen LogP contribution in [0.3, 0.4) is 0 Å². The number of fused-ring (bicyclic) bond motifs is 1. The Hall–Kier alpha value is -2.63. The van der Waals surface area contributed by atoms with E-state index < -0.39 is 23.5 Å². The maximum absolute atomic E-state index is 12.3. The molecule has 0 fully saturated rings. The average Bonchev–Trinajstić information content (AvgIpc) is 2.45. The van der Waals surface area contributed by atoms with Crippen molar-refractivity contribution in [2.24, 2.45) is 0 Å². The van der Waals surface area contributed by atoms with Gasteiger partial charge in [0.15, 0.2) is 0 Å². The van der Waals surface area contributed by atoms with Crippen molar-refractivity contribution < 1.29 is 14.7 Å². The summed E-state index contributed by atoms with van der Waals surface area (Å²) in [7, 11) is 0. The van der Waals surface area contributed by atoms with Crippen LogP contribution >= 0.6 is 0 Å². The third-order valence-corrected chi connectivity index (χ3v) is 3.18. The van der Waals surface area contributed by atoms with E-state index in [0.717, 1.165) is 0 Å². The SMILES string of the molecule is CCC[C@@H](NC(=O)c1cc(=O)[nH]c2ccccc12)C(=O)O. The van der Waals surface area contributed by atoms with Gasteiger partial charge in [-0.2, -0.15) is 0 Å². The van der Waals surface area contributed by atoms with Gasteiger partial charge >= 0.3 is 5.97 Å². The molecule has 0 saturated carbocycles. The number of pyridine rings is 1. The number of carbonyl (C=O) groups is 2. The smallest absolute Gasteiger partial charge is 0.326 e. The van der Waals surface area contributed by atoms with Crippen LogP contribution in [0.2, 0.25) is 0 Å². The minimum Gasteiger partial charge on any atom is -0.480 e. The quantitative estimate of drug-likeness (QED) is 0.776. The molecule has 1 amide bonds. The summed E-state index contributed by atoms with van der Waals surface area (Å²) in [5, 5.41) is 12.1. The van der Waals surface area contributed by atoms with Crippen molar-refractivity contribution in [3.05, 3.63) is 46.2 Å². The summed E-state index contributed by atoms with van der Waals surface area (Å²) in [6.45, 7) is 1.84. The Kier molecular flexibility index (Phi) is 4.37. The molecule has 0 radical (unpaired) electrons. The third kappa shape index (κ3) is 3.28. The monoisotopic (exact) mass is 288 g/mol. The number of rotatable bonds is 5. The van der Waals surface area contributed by atoms with Crippen molar-refractivity contribution in [1.29, 1.82) is 0 Å². The molecule has 2 aromatic rings. The van der Waals surface area contributed by atoms with E-state index in [4.69, 9.17) is 5.11 Å². The second-order valence-electron chi connectivity index (χ2n) is 4.75. The van der Waals surface area contributed by atoms with E-state index in [1.165, 1.54) is 6.07 Å². The zero-order valence-corrected chi connectivity index (χ0v) is 11.6. The number of carboxylic acid groups (broad SMARTS) is 1. The molecule has 21 heavy (non-hydrogen) atoms. The predicted octanol–water partition coefficient (Wildman–Crippen LogP) is 1.51. The fourth-order valence-corrected chi connectivity index (χ4v) is 2.17. The van der Waals surface area contributed by atoms with Crippen LogP contribution < -0.4 is 10.9 Å². The van der Waals surface area contributed by atoms with Gasteiger partial charge in [0.1, 0.15) is 6.04 Å². The summed E-state index contributed by atoms with van der Waals surface area (Å²) in [6, 6.07) is 7.11. The molecule has 1 atom stereocenters. The largest absolute Gasteiger partial charge is 0.480 e. The molecule has 0 saturated heterocycles. The standard InChI is InChI=1S/C15H16N2O4/c1-2-5-12(15(20)21)17-14(19)10-8-13(18)16-11-7-4-3-6-9(10)11/h3-4,6-8,12H,2,5H2,1H3,(H,16,18)(H,17,19)(H,20,21)/t12-/m1/s1. The topological polar surface area (TPSA) is 99.3 Å². The normalized spacial score (nSPS) is 12.0. The minimum absolute atomic E-state index is 0.178. The molecule has 0 aliphatic rings. The van der Waals surface area contributed by atoms with Gasteiger partial charge in [-0.25, -0.2) is 4.79 Å². The highest BCUT2D eigenvalue weighted by molar-refractivity contribution is 6.06. The number of hydrogen-bond donors (Lipinski definition) is 3. The number of hydrogen-bond acceptors (Lipinski definition) is 3. The Morgan fingerprint density at radius 2 is 2.05 bits per heavy atom. The average molecular weight is 288 g/mol. The first-order chi connectivity index (χ1) is 10.0. The number of amides is 1. The number of aromatic amines is 1. The number of H-pyrrole nitrogens is 1. The highest BCUT2D eigenvalue weighted by Crippen LogP contribution is 2.14. The number of benzene rings is 1. The number of aromatic nitrogens is 1. The van der Waals surface area contributed by atoms with E-state index in [1.807, 2.05) is 6.92 Å². The number of para-hydroxylation sites is 1. The van der Waals surface area contributed by atoms with Crippen LogP contribution in [-0.4, -0.2) is 28.0 Å². The molecular formula is C15H16N2O4. The maximum Gasteiger partial charge on any atom is 0.326 e. The van der Waals surface area contributed by atoms with E-state index in [0.29, 0.717) is 23.7 Å². The molecule has 0 aliphatic heterocycles. The molecule has 2 rings (SSSR count). The van der Waals surface area contributed by atoms with E-state index >= 15 is 0 Å². The molecule has 6 heteroatoms. The highest BCUT2D eigenvalue weighted by Gasteiger charge is 2.21. The number of carboxylic acids is 1. The molecule has 6 nitrogen and oxygen atoms in total. The Morgan fingerprint density at radius 3 is 2.71 bits per heavy atom. The van der Waals surface area contributed by atoms with Gasteiger partial charge in [-0.3, -0.25) is 9.59 Å². The number of aliphatic carboxylic acids is 1. The lowest BCUT2D eigenvalue weighted by atomic mass is 10.1. The van der Waals surface area contributed by atoms with Gasteiger partial charge in [0, 0.05) is 17.0 Å². The minimum atomic E-state index is -1.08. The van der Waals surface area contributed by atoms with Gasteiger partial charge in [-0.05, 0) is 12.5 Å². The van der Waals surface area contributed by atoms with E-state index in [-0.39, 0.29) is 5.56 Å². The van der Waals surface area contributed by atoms with Gasteiger partial charge in [0.05, 0.1) is 5.56 Å². The molecule has 110 valence electrons. The molecule has 1 aromatic carbocycles. The fraction of sp³-hybridized carbons (Fsp3) is 0.267. The van der Waals surface area contributed by atoms with Crippen molar-refractivity contribution in [3.8, 4) is 0 Å². The summed E-state index contributed by atoms with van der Waals surface area (Å²) in [4.78, 5) is 37.6. The van der Waals surface area contributed by atoms with Crippen LogP contribution in [0.4, 0.5) is 0 Å². The lowest BCUT2D eigenvalue weighted by Crippen LogP contribution is -2.41. The second-order valence-corrected chi connectivity index (χ2v) is 4.75. The molecule has 1 aromatic heterocycles. The van der Waals surface area contributed by atoms with Gasteiger partial charge in [-0.15, -0.1) is 0 Å². The van der Waals surface area contributed by atoms with Crippen molar-refractivity contribution in [2.75, 3.05) is 0 Å². The number of carbonyl (C=O) groups excluding carboxylic acids is 1. The van der Waals surface area contributed by atoms with E-state index in [1.54, 1.807) is 24.3 Å². The molecular weight excluding hydrogens is 272 g/mol. The zero-order chi connectivity index (χ0) is 15.4. The van der Waals surface area contributed by atoms with Gasteiger partial charge in [-0.1, -0.05) is 31.5 Å². The number of nitrogens with one attached hydrogen (secondary N) is 2. The Bertz CT molecular complexity index is 736. The Labute approximate surface area is 120 Å². The van der Waals surface area contributed by atoms with Crippen LogP contribution in [-0.2, 0) is 4.79 Å². The molecule has 0 bridgehead atoms. The highest BCUT2D eigenvalue weighted by atomic mass is 16.4. The lowest BCUT2D eigenvalue weighted by molar-refractivity contribution is -0.139. The van der Waals surface area contributed by atoms with Crippen LogP contribution in [0.25, 0.3) is 10.9 Å². The maximum atomic E-state index is 12.3. The summed E-state index contributed by atoms with van der Waals surface area (Å²) in [5.74, 6) is -1.64. The summed E-state index contributed by atoms with van der Waals surface area (Å²) in [5.41, 5.74) is 0.315. The third-order valence-electron chi connectivity index (χ3n) is 3.18. The first kappa shape index (κ1) is 14.8. The van der Waals surface area contributed by atoms with Crippen molar-refractivity contribution in [2.45, 2.75) is 25.8 Å². The predicted molar refractivity (Wildman–Crippen MR) is 78.4 cm³/mol. The summed E-state index contributed by atoms with van der Waals surface area (Å²) < 4.78 is 0. The van der Waals surface area contributed by atoms with Gasteiger partial charge < -0.3 is 15.4 Å². The molecule has 0 aliphatic carbocycles. The Balaban J connectivity index is 2.39. The molecule has 0 spiro atoms. The van der Waals surface area contributed by atoms with Crippen LogP contribution in [0, 0.1) is 0 Å². The molecule has 0 unspecified atom stereocenters. The molecule has 1 heterocycles. The van der Waals surface area contributed by atoms with Gasteiger partial charge in [0.2, 0.25) is 5.56 Å². The second kappa shape index (κ2) is 6.21. The van der Waals surface area contributed by atoms with Gasteiger partial charge in [0.25, 0.3) is 5.91 Å². The Morgan fingerprint density at radius 1 is 1.33 bits per heavy atom. The van der Waals surface area contributed by atoms with Crippen LogP contribution in [0.15, 0.2) is 35.1 Å². The zero-order valence-electron chi connectivity index (χ0n) is 11.6. The summed E-state index contributed by atoms with van der Waals surface area (Å²) >= 11 is 0. The lowest BCUT2D eigenvalue weighted by Gasteiger charge is -2.14. The molecule has 3 N–H and O–H groups in total. The van der Waals surface area contributed by atoms with Crippen LogP contribution in [0.5, 0.6) is 0 Å². The summed E-state index contributed by atoms with van der Waals surface area (Å²) in [6.07, 6.45) is 0.968. The van der Waals surface area contributed by atoms with E-state index in [2.05, 4.69) is 10.3 Å². The first-order valence-corrected chi connectivity index (χ1v) is 6.68. The fourth-order valence-electron chi connectivity index (χ4n) is 2.17. The van der Waals surface area contributed by atoms with E-state index in [9.17, 15) is 14.4 Å². The van der Waals surface area contributed by atoms with Crippen LogP contribution in [0.1, 0.15) is 30.1 Å². The van der Waals surface area contributed by atoms with Crippen molar-refractivity contribution in [3.63, 3.8) is 0 Å². The van der Waals surface area contributed by atoms with Crippen molar-refractivity contribution >= 4 is 22.8 Å². The first-order valence-electron chi connectivity index (χ1n) is 6.68. The van der Waals surface area contributed by atoms with Crippen molar-refractivity contribution in [1.82, 2.24) is 10.3 Å².